The second-order valence-electron chi connectivity index (χ2n) is 1.45. The van der Waals surface area contributed by atoms with E-state index in [4.69, 9.17) is 10.8 Å². The average Bonchev–Trinajstić information content (AvgIpc) is 1.31. The van der Waals surface area contributed by atoms with Crippen molar-refractivity contribution in [1.82, 2.24) is 0 Å². The van der Waals surface area contributed by atoms with Crippen molar-refractivity contribution in [3.63, 3.8) is 0 Å². The second-order valence-corrected chi connectivity index (χ2v) is 2.38. The minimum absolute atomic E-state index is 0. The zero-order chi connectivity index (χ0) is 6.08. The number of carboxylic acids is 1. The maximum Gasteiger partial charge on any atom is 0.333 e. The molecule has 0 heterocycles. The number of hydrogen-bond acceptors (Lipinski definition) is 3. The molecule has 3 N–H and O–H groups in total. The smallest absolute Gasteiger partial charge is 0.333 e. The van der Waals surface area contributed by atoms with Gasteiger partial charge in [0.15, 0.2) is 4.87 Å². The molecule has 0 aliphatic heterocycles. The molecule has 0 radical (unpaired) electrons. The van der Waals surface area contributed by atoms with Gasteiger partial charge in [0.1, 0.15) is 0 Å². The van der Waals surface area contributed by atoms with Crippen molar-refractivity contribution in [2.45, 2.75) is 11.8 Å². The fourth-order valence-electron chi connectivity index (χ4n) is 0. The molecule has 0 fully saturated rings. The lowest BCUT2D eigenvalue weighted by molar-refractivity contribution is -0.139. The first-order valence-corrected chi connectivity index (χ1v) is 2.14. The molecule has 0 saturated heterocycles. The first-order chi connectivity index (χ1) is 2.94. The Morgan fingerprint density at radius 2 is 2.00 bits per heavy atom. The van der Waals surface area contributed by atoms with Gasteiger partial charge in [-0.25, -0.2) is 4.79 Å². The molecule has 0 aromatic heterocycles. The molecule has 0 bridgehead atoms. The van der Waals surface area contributed by atoms with Crippen LogP contribution in [0.2, 0.25) is 0 Å². The van der Waals surface area contributed by atoms with Crippen LogP contribution in [0.25, 0.3) is 0 Å². The highest BCUT2D eigenvalue weighted by atomic mass is 35.5. The fourth-order valence-corrected chi connectivity index (χ4v) is 0. The van der Waals surface area contributed by atoms with E-state index >= 15 is 0 Å². The van der Waals surface area contributed by atoms with Crippen molar-refractivity contribution >= 4 is 31.0 Å². The summed E-state index contributed by atoms with van der Waals surface area (Å²) in [6.07, 6.45) is 0. The van der Waals surface area contributed by atoms with Crippen LogP contribution in [-0.2, 0) is 4.79 Å². The molecule has 0 amide bonds. The number of carboxylic acid groups (broad SMARTS) is 1. The van der Waals surface area contributed by atoms with Crippen molar-refractivity contribution in [2.24, 2.45) is 5.73 Å². The van der Waals surface area contributed by atoms with Gasteiger partial charge in [0.05, 0.1) is 0 Å². The van der Waals surface area contributed by atoms with Crippen molar-refractivity contribution in [2.75, 3.05) is 0 Å². The Morgan fingerprint density at radius 3 is 2.00 bits per heavy atom. The van der Waals surface area contributed by atoms with Gasteiger partial charge in [-0.15, -0.1) is 25.0 Å². The third-order valence-electron chi connectivity index (χ3n) is 0.433. The van der Waals surface area contributed by atoms with E-state index in [1.54, 1.807) is 0 Å². The Kier molecular flexibility index (Phi) is 4.33. The summed E-state index contributed by atoms with van der Waals surface area (Å²) in [5.41, 5.74) is 4.94. The Bertz CT molecular complexity index is 89.8. The van der Waals surface area contributed by atoms with Crippen LogP contribution in [0, 0.1) is 0 Å². The van der Waals surface area contributed by atoms with Crippen molar-refractivity contribution < 1.29 is 9.90 Å². The molecule has 0 aromatic carbocycles. The molecule has 8 heavy (non-hydrogen) atoms. The minimum Gasteiger partial charge on any atom is -0.479 e. The second kappa shape index (κ2) is 3.17. The Labute approximate surface area is 59.1 Å². The Morgan fingerprint density at radius 1 is 1.88 bits per heavy atom. The lowest BCUT2D eigenvalue weighted by Gasteiger charge is -2.08. The number of hydrogen-bond donors (Lipinski definition) is 3. The van der Waals surface area contributed by atoms with Crippen LogP contribution in [-0.4, -0.2) is 15.9 Å². The highest BCUT2D eigenvalue weighted by molar-refractivity contribution is 7.82. The van der Waals surface area contributed by atoms with Crippen molar-refractivity contribution in [3.05, 3.63) is 0 Å². The molecule has 0 saturated carbocycles. The largest absolute Gasteiger partial charge is 0.479 e. The quantitative estimate of drug-likeness (QED) is 0.374. The summed E-state index contributed by atoms with van der Waals surface area (Å²) < 4.78 is 0. The maximum atomic E-state index is 9.82. The van der Waals surface area contributed by atoms with Gasteiger partial charge in [-0.1, -0.05) is 0 Å². The zero-order valence-corrected chi connectivity index (χ0v) is 6.00. The summed E-state index contributed by atoms with van der Waals surface area (Å²) in [5, 5.41) is 8.05. The maximum absolute atomic E-state index is 9.82. The van der Waals surface area contributed by atoms with Gasteiger partial charge in [0.2, 0.25) is 0 Å². The van der Waals surface area contributed by atoms with Gasteiger partial charge in [-0.2, -0.15) is 0 Å². The van der Waals surface area contributed by atoms with Gasteiger partial charge >= 0.3 is 5.97 Å². The SMILES string of the molecule is CC(N)(S)C(=O)O.Cl. The lowest BCUT2D eigenvalue weighted by atomic mass is 10.4. The number of nitrogens with two attached hydrogens (primary N) is 1. The molecule has 0 rings (SSSR count). The zero-order valence-electron chi connectivity index (χ0n) is 4.29. The number of carbonyl (C=O) groups is 1. The molecular formula is C3H8ClNO2S. The predicted molar refractivity (Wildman–Crippen MR) is 36.5 cm³/mol. The van der Waals surface area contributed by atoms with E-state index in [0.717, 1.165) is 0 Å². The van der Waals surface area contributed by atoms with E-state index < -0.39 is 10.8 Å². The van der Waals surface area contributed by atoms with Crippen molar-refractivity contribution in [1.29, 1.82) is 0 Å². The summed E-state index contributed by atoms with van der Waals surface area (Å²) in [7, 11) is 0. The summed E-state index contributed by atoms with van der Waals surface area (Å²) in [6.45, 7) is 1.30. The first kappa shape index (κ1) is 10.9. The minimum atomic E-state index is -1.39. The van der Waals surface area contributed by atoms with E-state index in [1.165, 1.54) is 6.92 Å². The molecule has 50 valence electrons. The molecule has 3 nitrogen and oxygen atoms in total. The Balaban J connectivity index is 0. The van der Waals surface area contributed by atoms with Crippen LogP contribution in [0.1, 0.15) is 6.92 Å². The van der Waals surface area contributed by atoms with Crippen LogP contribution in [0.3, 0.4) is 0 Å². The van der Waals surface area contributed by atoms with Gasteiger partial charge in [0.25, 0.3) is 0 Å². The molecule has 5 heteroatoms. The number of rotatable bonds is 1. The van der Waals surface area contributed by atoms with Gasteiger partial charge in [-0.05, 0) is 6.92 Å². The molecule has 1 atom stereocenters. The van der Waals surface area contributed by atoms with E-state index in [2.05, 4.69) is 12.6 Å². The normalized spacial score (nSPS) is 15.9. The summed E-state index contributed by atoms with van der Waals surface area (Å²) in [4.78, 5) is 8.43. The molecule has 0 aliphatic rings. The predicted octanol–water partition coefficient (Wildman–Crippen LogP) is 0.0975. The fraction of sp³-hybridized carbons (Fsp3) is 0.667. The molecule has 0 spiro atoms. The van der Waals surface area contributed by atoms with Crippen LogP contribution in [0.15, 0.2) is 0 Å². The first-order valence-electron chi connectivity index (χ1n) is 1.69. The molecule has 0 aromatic rings. The van der Waals surface area contributed by atoms with Crippen LogP contribution in [0.4, 0.5) is 0 Å². The summed E-state index contributed by atoms with van der Waals surface area (Å²) in [5.74, 6) is -1.11. The third-order valence-corrected chi connectivity index (χ3v) is 0.624. The summed E-state index contributed by atoms with van der Waals surface area (Å²) in [6, 6.07) is 0. The Hall–Kier alpha value is 0.0700. The van der Waals surface area contributed by atoms with E-state index in [9.17, 15) is 4.79 Å². The monoisotopic (exact) mass is 157 g/mol. The highest BCUT2D eigenvalue weighted by Gasteiger charge is 2.20. The van der Waals surface area contributed by atoms with Crippen LogP contribution >= 0.6 is 25.0 Å². The topological polar surface area (TPSA) is 63.3 Å². The third kappa shape index (κ3) is 4.23. The van der Waals surface area contributed by atoms with Gasteiger partial charge < -0.3 is 10.8 Å². The molecule has 1 unspecified atom stereocenters. The van der Waals surface area contributed by atoms with Crippen molar-refractivity contribution in [3.8, 4) is 0 Å². The van der Waals surface area contributed by atoms with Gasteiger partial charge in [0, 0.05) is 0 Å². The molecule has 0 aliphatic carbocycles. The average molecular weight is 158 g/mol. The van der Waals surface area contributed by atoms with E-state index in [-0.39, 0.29) is 12.4 Å². The number of thiol groups is 1. The van der Waals surface area contributed by atoms with Crippen LogP contribution < -0.4 is 5.73 Å². The van der Waals surface area contributed by atoms with Crippen LogP contribution in [0.5, 0.6) is 0 Å². The summed E-state index contributed by atoms with van der Waals surface area (Å²) >= 11 is 3.53. The van der Waals surface area contributed by atoms with E-state index in [1.807, 2.05) is 0 Å². The standard InChI is InChI=1S/C3H7NO2S.ClH/c1-3(4,7)2(5)6;/h7H,4H2,1H3,(H,5,6);1H. The van der Waals surface area contributed by atoms with E-state index in [0.29, 0.717) is 0 Å². The highest BCUT2D eigenvalue weighted by Crippen LogP contribution is 2.01. The van der Waals surface area contributed by atoms with Gasteiger partial charge in [-0.3, -0.25) is 0 Å². The number of aliphatic carboxylic acids is 1. The number of halogens is 1. The lowest BCUT2D eigenvalue weighted by Crippen LogP contribution is -2.38. The molecular weight excluding hydrogens is 150 g/mol.